The SMILES string of the molecule is CC(C)(C)C(=O)OCc1ccc(O[C@@H]2C[C@H](CO)[C@H](O)[C@H](O)[C@H]2O)c(NC(=O)CCNC(=O)CCCCCN2C(=O)C=CC2O)c1. The standard InChI is InChI=1S/C32H47N3O11/c1-32(2,3)31(44)45-18-19-8-9-22(46-23-16-20(17-36)28(41)30(43)29(23)42)21(15-19)34-25(38)12-13-33-24(37)7-5-4-6-14-35-26(39)10-11-27(35)40/h8-11,15,20,23,26,28-30,36,39,41-43H,4-7,12-14,16-18H2,1-3H3,(H,33,37)(H,34,38)/t20-,23-,26?,28+,29+,30+/m1/s1. The number of ether oxygens (including phenoxy) is 2. The molecule has 256 valence electrons. The molecule has 1 aromatic carbocycles. The van der Waals surface area contributed by atoms with Gasteiger partial charge in [0.1, 0.15) is 36.9 Å². The van der Waals surface area contributed by atoms with Gasteiger partial charge in [-0.05, 0) is 63.8 Å². The molecule has 6 atom stereocenters. The third-order valence-electron chi connectivity index (χ3n) is 7.90. The van der Waals surface area contributed by atoms with Crippen molar-refractivity contribution in [3.05, 3.63) is 35.9 Å². The summed E-state index contributed by atoms with van der Waals surface area (Å²) in [7, 11) is 0. The van der Waals surface area contributed by atoms with Gasteiger partial charge in [-0.2, -0.15) is 0 Å². The number of benzene rings is 1. The molecule has 1 aliphatic heterocycles. The van der Waals surface area contributed by atoms with Crippen LogP contribution in [-0.2, 0) is 30.5 Å². The first kappa shape index (κ1) is 36.9. The van der Waals surface area contributed by atoms with Gasteiger partial charge in [0, 0.05) is 44.5 Å². The molecule has 2 aliphatic rings. The molecule has 3 rings (SSSR count). The van der Waals surface area contributed by atoms with Crippen molar-refractivity contribution in [1.82, 2.24) is 10.2 Å². The molecule has 46 heavy (non-hydrogen) atoms. The maximum atomic E-state index is 12.9. The highest BCUT2D eigenvalue weighted by Crippen LogP contribution is 2.33. The number of unbranched alkanes of at least 4 members (excludes halogenated alkanes) is 2. The van der Waals surface area contributed by atoms with Crippen LogP contribution in [0.1, 0.15) is 64.9 Å². The summed E-state index contributed by atoms with van der Waals surface area (Å²) in [6.07, 6.45) is -1.40. The molecule has 0 bridgehead atoms. The second kappa shape index (κ2) is 16.8. The summed E-state index contributed by atoms with van der Waals surface area (Å²) >= 11 is 0. The number of carbonyl (C=O) groups excluding carboxylic acids is 4. The van der Waals surface area contributed by atoms with E-state index < -0.39 is 60.5 Å². The lowest BCUT2D eigenvalue weighted by Gasteiger charge is -2.39. The monoisotopic (exact) mass is 649 g/mol. The smallest absolute Gasteiger partial charge is 0.311 e. The van der Waals surface area contributed by atoms with Crippen LogP contribution in [-0.4, -0.2) is 104 Å². The van der Waals surface area contributed by atoms with Crippen molar-refractivity contribution >= 4 is 29.4 Å². The highest BCUT2D eigenvalue weighted by atomic mass is 16.5. The number of amides is 3. The largest absolute Gasteiger partial charge is 0.485 e. The highest BCUT2D eigenvalue weighted by Gasteiger charge is 2.43. The van der Waals surface area contributed by atoms with E-state index in [1.165, 1.54) is 23.1 Å². The quantitative estimate of drug-likeness (QED) is 0.102. The Morgan fingerprint density at radius 1 is 0.978 bits per heavy atom. The molecule has 1 saturated carbocycles. The van der Waals surface area contributed by atoms with E-state index in [4.69, 9.17) is 9.47 Å². The highest BCUT2D eigenvalue weighted by molar-refractivity contribution is 5.93. The molecule has 1 heterocycles. The summed E-state index contributed by atoms with van der Waals surface area (Å²) in [6, 6.07) is 4.69. The Bertz CT molecular complexity index is 1250. The van der Waals surface area contributed by atoms with E-state index in [1.54, 1.807) is 32.9 Å². The van der Waals surface area contributed by atoms with Crippen LogP contribution < -0.4 is 15.4 Å². The Morgan fingerprint density at radius 3 is 2.37 bits per heavy atom. The van der Waals surface area contributed by atoms with E-state index in [2.05, 4.69) is 10.6 Å². The first-order chi connectivity index (χ1) is 21.7. The van der Waals surface area contributed by atoms with Crippen LogP contribution >= 0.6 is 0 Å². The minimum absolute atomic E-state index is 0.0375. The van der Waals surface area contributed by atoms with E-state index in [0.29, 0.717) is 31.4 Å². The molecule has 1 unspecified atom stereocenters. The van der Waals surface area contributed by atoms with Gasteiger partial charge in [-0.1, -0.05) is 12.5 Å². The van der Waals surface area contributed by atoms with Gasteiger partial charge < -0.3 is 50.5 Å². The Kier molecular flexibility index (Phi) is 13.5. The molecule has 0 aromatic heterocycles. The van der Waals surface area contributed by atoms with Crippen molar-refractivity contribution in [2.24, 2.45) is 11.3 Å². The van der Waals surface area contributed by atoms with Crippen LogP contribution in [0.3, 0.4) is 0 Å². The van der Waals surface area contributed by atoms with Crippen LogP contribution in [0.25, 0.3) is 0 Å². The molecular formula is C32H47N3O11. The maximum Gasteiger partial charge on any atom is 0.311 e. The molecule has 0 saturated heterocycles. The van der Waals surface area contributed by atoms with Gasteiger partial charge in [0.25, 0.3) is 0 Å². The number of aliphatic hydroxyl groups is 5. The van der Waals surface area contributed by atoms with E-state index in [9.17, 15) is 44.7 Å². The zero-order valence-corrected chi connectivity index (χ0v) is 26.6. The number of nitrogens with zero attached hydrogens (tertiary/aromatic N) is 1. The lowest BCUT2D eigenvalue weighted by atomic mass is 9.81. The van der Waals surface area contributed by atoms with E-state index >= 15 is 0 Å². The molecular weight excluding hydrogens is 602 g/mol. The molecule has 1 aromatic rings. The van der Waals surface area contributed by atoms with Gasteiger partial charge in [-0.15, -0.1) is 0 Å². The summed E-state index contributed by atoms with van der Waals surface area (Å²) in [6.45, 7) is 5.11. The zero-order chi connectivity index (χ0) is 34.0. The molecule has 0 spiro atoms. The Balaban J connectivity index is 1.55. The minimum atomic E-state index is -1.55. The van der Waals surface area contributed by atoms with Crippen LogP contribution in [0.4, 0.5) is 5.69 Å². The molecule has 14 heteroatoms. The maximum absolute atomic E-state index is 12.9. The van der Waals surface area contributed by atoms with Crippen LogP contribution in [0.5, 0.6) is 5.75 Å². The number of aliphatic hydroxyl groups excluding tert-OH is 5. The first-order valence-electron chi connectivity index (χ1n) is 15.6. The van der Waals surface area contributed by atoms with Crippen LogP contribution in [0, 0.1) is 11.3 Å². The van der Waals surface area contributed by atoms with Crippen molar-refractivity contribution in [1.29, 1.82) is 0 Å². The van der Waals surface area contributed by atoms with Gasteiger partial charge in [-0.25, -0.2) is 0 Å². The molecule has 1 aliphatic carbocycles. The number of hydrogen-bond donors (Lipinski definition) is 7. The predicted molar refractivity (Wildman–Crippen MR) is 165 cm³/mol. The first-order valence-corrected chi connectivity index (χ1v) is 15.6. The van der Waals surface area contributed by atoms with Crippen molar-refractivity contribution in [3.8, 4) is 5.75 Å². The van der Waals surface area contributed by atoms with Gasteiger partial charge in [0.05, 0.1) is 17.2 Å². The van der Waals surface area contributed by atoms with Crippen molar-refractivity contribution in [3.63, 3.8) is 0 Å². The second-order valence-electron chi connectivity index (χ2n) is 12.7. The summed E-state index contributed by atoms with van der Waals surface area (Å²) in [4.78, 5) is 50.4. The van der Waals surface area contributed by atoms with E-state index in [-0.39, 0.29) is 55.7 Å². The fourth-order valence-corrected chi connectivity index (χ4v) is 5.08. The lowest BCUT2D eigenvalue weighted by molar-refractivity contribution is -0.156. The van der Waals surface area contributed by atoms with Crippen LogP contribution in [0.15, 0.2) is 30.4 Å². The number of carbonyl (C=O) groups is 4. The third-order valence-corrected chi connectivity index (χ3v) is 7.90. The van der Waals surface area contributed by atoms with E-state index in [0.717, 1.165) is 0 Å². The third kappa shape index (κ3) is 10.5. The average molecular weight is 650 g/mol. The fraction of sp³-hybridized carbons (Fsp3) is 0.625. The Morgan fingerprint density at radius 2 is 1.72 bits per heavy atom. The van der Waals surface area contributed by atoms with E-state index in [1.807, 2.05) is 0 Å². The molecule has 3 amide bonds. The van der Waals surface area contributed by atoms with Crippen molar-refractivity contribution in [2.45, 2.75) is 96.5 Å². The Labute approximate surface area is 268 Å². The summed E-state index contributed by atoms with van der Waals surface area (Å²) < 4.78 is 11.4. The molecule has 14 nitrogen and oxygen atoms in total. The second-order valence-corrected chi connectivity index (χ2v) is 12.7. The Hall–Kier alpha value is -3.56. The number of hydrogen-bond acceptors (Lipinski definition) is 11. The fourth-order valence-electron chi connectivity index (χ4n) is 5.08. The average Bonchev–Trinajstić information content (AvgIpc) is 3.32. The minimum Gasteiger partial charge on any atom is -0.485 e. The number of esters is 1. The molecule has 7 N–H and O–H groups in total. The number of rotatable bonds is 15. The van der Waals surface area contributed by atoms with Crippen molar-refractivity contribution in [2.75, 3.05) is 25.0 Å². The van der Waals surface area contributed by atoms with Gasteiger partial charge >= 0.3 is 5.97 Å². The van der Waals surface area contributed by atoms with Gasteiger partial charge in [-0.3, -0.25) is 19.2 Å². The normalized spacial score (nSPS) is 24.5. The summed E-state index contributed by atoms with van der Waals surface area (Å²) in [5.41, 5.74) is 0.0260. The van der Waals surface area contributed by atoms with Crippen LogP contribution in [0.2, 0.25) is 0 Å². The van der Waals surface area contributed by atoms with Crippen molar-refractivity contribution < 1.29 is 54.2 Å². The zero-order valence-electron chi connectivity index (χ0n) is 26.6. The molecule has 1 fully saturated rings. The molecule has 0 radical (unpaired) electrons. The number of anilines is 1. The lowest BCUT2D eigenvalue weighted by Crippen LogP contribution is -2.56. The summed E-state index contributed by atoms with van der Waals surface area (Å²) in [5, 5.41) is 55.7. The van der Waals surface area contributed by atoms with Gasteiger partial charge in [0.15, 0.2) is 0 Å². The summed E-state index contributed by atoms with van der Waals surface area (Å²) in [5.74, 6) is -1.93. The topological polar surface area (TPSA) is 215 Å². The predicted octanol–water partition coefficient (Wildman–Crippen LogP) is 0.340. The number of nitrogens with one attached hydrogen (secondary N) is 2. The van der Waals surface area contributed by atoms with Gasteiger partial charge in [0.2, 0.25) is 17.7 Å².